The molecule has 0 heterocycles. The Hall–Kier alpha value is -4.44. The van der Waals surface area contributed by atoms with Gasteiger partial charge in [0, 0.05) is 17.7 Å². The molecule has 0 unspecified atom stereocenters. The van der Waals surface area contributed by atoms with Gasteiger partial charge in [-0.15, -0.1) is 0 Å². The number of rotatable bonds is 7. The SMILES string of the molecule is COC(=O)c1ccc(COc2ccccc2/C=C(\C#N)c2ccc([N+](=O)[O-])cc2)cc1. The lowest BCUT2D eigenvalue weighted by Crippen LogP contribution is -2.02. The quantitative estimate of drug-likeness (QED) is 0.177. The van der Waals surface area contributed by atoms with Crippen molar-refractivity contribution in [2.75, 3.05) is 7.11 Å². The lowest BCUT2D eigenvalue weighted by atomic mass is 10.0. The number of carbonyl (C=O) groups is 1. The first-order valence-corrected chi connectivity index (χ1v) is 9.27. The maximum Gasteiger partial charge on any atom is 0.337 e. The van der Waals surface area contributed by atoms with Crippen molar-refractivity contribution >= 4 is 23.3 Å². The second-order valence-corrected chi connectivity index (χ2v) is 6.49. The number of nitriles is 1. The number of hydrogen-bond donors (Lipinski definition) is 0. The summed E-state index contributed by atoms with van der Waals surface area (Å²) in [5, 5.41) is 20.4. The molecule has 0 atom stereocenters. The first-order chi connectivity index (χ1) is 15.0. The molecule has 0 N–H and O–H groups in total. The van der Waals surface area contributed by atoms with Gasteiger partial charge in [-0.25, -0.2) is 4.79 Å². The molecule has 7 heteroatoms. The van der Waals surface area contributed by atoms with Gasteiger partial charge in [0.05, 0.1) is 29.2 Å². The zero-order valence-corrected chi connectivity index (χ0v) is 16.6. The van der Waals surface area contributed by atoms with E-state index in [0.29, 0.717) is 28.0 Å². The number of carbonyl (C=O) groups excluding carboxylic acids is 1. The zero-order valence-electron chi connectivity index (χ0n) is 16.6. The molecule has 0 aliphatic rings. The highest BCUT2D eigenvalue weighted by Crippen LogP contribution is 2.26. The van der Waals surface area contributed by atoms with Crippen LogP contribution in [0.1, 0.15) is 27.0 Å². The van der Waals surface area contributed by atoms with E-state index in [1.54, 1.807) is 48.5 Å². The van der Waals surface area contributed by atoms with E-state index in [-0.39, 0.29) is 12.3 Å². The van der Waals surface area contributed by atoms with Crippen LogP contribution in [0.15, 0.2) is 72.8 Å². The Labute approximate surface area is 178 Å². The number of benzene rings is 3. The van der Waals surface area contributed by atoms with E-state index in [0.717, 1.165) is 5.56 Å². The molecule has 0 aromatic heterocycles. The number of esters is 1. The van der Waals surface area contributed by atoms with Gasteiger partial charge >= 0.3 is 5.97 Å². The summed E-state index contributed by atoms with van der Waals surface area (Å²) >= 11 is 0. The summed E-state index contributed by atoms with van der Waals surface area (Å²) in [5.74, 6) is 0.174. The minimum atomic E-state index is -0.486. The molecule has 3 aromatic rings. The first kappa shape index (κ1) is 21.3. The maximum absolute atomic E-state index is 11.5. The summed E-state index contributed by atoms with van der Waals surface area (Å²) in [6.07, 6.45) is 1.68. The van der Waals surface area contributed by atoms with Gasteiger partial charge in [0.25, 0.3) is 5.69 Å². The van der Waals surface area contributed by atoms with Crippen LogP contribution >= 0.6 is 0 Å². The molecular weight excluding hydrogens is 396 g/mol. The van der Waals surface area contributed by atoms with Crippen LogP contribution in [0.5, 0.6) is 5.75 Å². The van der Waals surface area contributed by atoms with E-state index in [2.05, 4.69) is 10.8 Å². The molecule has 3 aromatic carbocycles. The van der Waals surface area contributed by atoms with E-state index in [9.17, 15) is 20.2 Å². The fourth-order valence-electron chi connectivity index (χ4n) is 2.85. The standard InChI is InChI=1S/C24H18N2O5/c1-30-24(27)19-8-6-17(7-9-19)16-31-23-5-3-2-4-20(23)14-21(15-25)18-10-12-22(13-11-18)26(28)29/h2-14H,16H2,1H3/b21-14+. The Kier molecular flexibility index (Phi) is 6.76. The number of non-ortho nitro benzene ring substituents is 1. The van der Waals surface area contributed by atoms with Crippen molar-refractivity contribution in [3.63, 3.8) is 0 Å². The van der Waals surface area contributed by atoms with Crippen LogP contribution < -0.4 is 4.74 Å². The predicted octanol–water partition coefficient (Wildman–Crippen LogP) is 5.02. The maximum atomic E-state index is 11.5. The van der Waals surface area contributed by atoms with Crippen LogP contribution in [-0.4, -0.2) is 18.0 Å². The molecule has 0 aliphatic carbocycles. The third kappa shape index (κ3) is 5.34. The Morgan fingerprint density at radius 2 is 1.68 bits per heavy atom. The molecule has 0 aliphatic heterocycles. The number of nitro groups is 1. The van der Waals surface area contributed by atoms with E-state index < -0.39 is 10.9 Å². The average Bonchev–Trinajstić information content (AvgIpc) is 2.81. The Balaban J connectivity index is 1.79. The third-order valence-electron chi connectivity index (χ3n) is 4.50. The summed E-state index contributed by atoms with van der Waals surface area (Å²) in [6.45, 7) is 0.270. The number of hydrogen-bond acceptors (Lipinski definition) is 6. The molecule has 0 saturated heterocycles. The molecule has 0 saturated carbocycles. The number of nitrogens with zero attached hydrogens (tertiary/aromatic N) is 2. The van der Waals surface area contributed by atoms with Gasteiger partial charge in [0.2, 0.25) is 0 Å². The van der Waals surface area contributed by atoms with E-state index in [1.165, 1.54) is 19.2 Å². The number of allylic oxidation sites excluding steroid dienone is 1. The van der Waals surface area contributed by atoms with Crippen LogP contribution in [0.25, 0.3) is 11.6 Å². The molecule has 31 heavy (non-hydrogen) atoms. The Morgan fingerprint density at radius 3 is 2.29 bits per heavy atom. The number of para-hydroxylation sites is 1. The molecule has 0 bridgehead atoms. The molecule has 0 spiro atoms. The monoisotopic (exact) mass is 414 g/mol. The van der Waals surface area contributed by atoms with Crippen LogP contribution in [0, 0.1) is 21.4 Å². The van der Waals surface area contributed by atoms with Crippen molar-refractivity contribution in [3.8, 4) is 11.8 Å². The van der Waals surface area contributed by atoms with Crippen LogP contribution in [-0.2, 0) is 11.3 Å². The van der Waals surface area contributed by atoms with E-state index in [4.69, 9.17) is 4.74 Å². The van der Waals surface area contributed by atoms with Crippen molar-refractivity contribution in [2.45, 2.75) is 6.61 Å². The summed E-state index contributed by atoms with van der Waals surface area (Å²) in [7, 11) is 1.33. The Bertz CT molecular complexity index is 1160. The van der Waals surface area contributed by atoms with Crippen molar-refractivity contribution < 1.29 is 19.2 Å². The predicted molar refractivity (Wildman–Crippen MR) is 115 cm³/mol. The van der Waals surface area contributed by atoms with Gasteiger partial charge in [-0.1, -0.05) is 30.3 Å². The topological polar surface area (TPSA) is 102 Å². The fraction of sp³-hybridized carbons (Fsp3) is 0.0833. The molecule has 0 fully saturated rings. The molecule has 0 amide bonds. The summed E-state index contributed by atoms with van der Waals surface area (Å²) in [4.78, 5) is 21.9. The van der Waals surface area contributed by atoms with Gasteiger partial charge in [0.1, 0.15) is 12.4 Å². The average molecular weight is 414 g/mol. The van der Waals surface area contributed by atoms with Crippen molar-refractivity contribution in [1.82, 2.24) is 0 Å². The highest BCUT2D eigenvalue weighted by Gasteiger charge is 2.09. The number of ether oxygens (including phenoxy) is 2. The summed E-state index contributed by atoms with van der Waals surface area (Å²) in [6, 6.07) is 22.1. The Morgan fingerprint density at radius 1 is 1.03 bits per heavy atom. The lowest BCUT2D eigenvalue weighted by Gasteiger charge is -2.10. The second-order valence-electron chi connectivity index (χ2n) is 6.49. The van der Waals surface area contributed by atoms with Crippen molar-refractivity contribution in [2.24, 2.45) is 0 Å². The lowest BCUT2D eigenvalue weighted by molar-refractivity contribution is -0.384. The highest BCUT2D eigenvalue weighted by atomic mass is 16.6. The van der Waals surface area contributed by atoms with Crippen molar-refractivity contribution in [1.29, 1.82) is 5.26 Å². The van der Waals surface area contributed by atoms with Crippen LogP contribution in [0.2, 0.25) is 0 Å². The van der Waals surface area contributed by atoms with Gasteiger partial charge in [0.15, 0.2) is 0 Å². The fourth-order valence-corrected chi connectivity index (χ4v) is 2.85. The molecule has 154 valence electrons. The number of methoxy groups -OCH3 is 1. The molecule has 7 nitrogen and oxygen atoms in total. The molecule has 0 radical (unpaired) electrons. The normalized spacial score (nSPS) is 10.8. The minimum absolute atomic E-state index is 0.0389. The highest BCUT2D eigenvalue weighted by molar-refractivity contribution is 5.91. The largest absolute Gasteiger partial charge is 0.488 e. The molecule has 3 rings (SSSR count). The second kappa shape index (κ2) is 9.85. The number of nitro benzene ring substituents is 1. The van der Waals surface area contributed by atoms with Crippen LogP contribution in [0.3, 0.4) is 0 Å². The van der Waals surface area contributed by atoms with Gasteiger partial charge in [-0.2, -0.15) is 5.26 Å². The molecular formula is C24H18N2O5. The zero-order chi connectivity index (χ0) is 22.2. The van der Waals surface area contributed by atoms with E-state index in [1.807, 2.05) is 18.2 Å². The van der Waals surface area contributed by atoms with Gasteiger partial charge in [-0.05, 0) is 47.5 Å². The minimum Gasteiger partial charge on any atom is -0.488 e. The van der Waals surface area contributed by atoms with Gasteiger partial charge in [-0.3, -0.25) is 10.1 Å². The first-order valence-electron chi connectivity index (χ1n) is 9.27. The van der Waals surface area contributed by atoms with Crippen molar-refractivity contribution in [3.05, 3.63) is 105 Å². The summed E-state index contributed by atoms with van der Waals surface area (Å²) < 4.78 is 10.6. The van der Waals surface area contributed by atoms with Crippen LogP contribution in [0.4, 0.5) is 5.69 Å². The smallest absolute Gasteiger partial charge is 0.337 e. The van der Waals surface area contributed by atoms with E-state index >= 15 is 0 Å². The third-order valence-corrected chi connectivity index (χ3v) is 4.50. The van der Waals surface area contributed by atoms with Gasteiger partial charge < -0.3 is 9.47 Å². The summed E-state index contributed by atoms with van der Waals surface area (Å²) in [5.41, 5.74) is 2.90.